The van der Waals surface area contributed by atoms with Crippen LogP contribution in [0.2, 0.25) is 0 Å². The quantitative estimate of drug-likeness (QED) is 0.611. The van der Waals surface area contributed by atoms with E-state index in [0.717, 1.165) is 0 Å². The molecule has 0 fully saturated rings. The molecule has 0 amide bonds. The second-order valence-corrected chi connectivity index (χ2v) is 4.98. The van der Waals surface area contributed by atoms with E-state index in [0.29, 0.717) is 29.1 Å². The van der Waals surface area contributed by atoms with Gasteiger partial charge in [0, 0.05) is 29.0 Å². The summed E-state index contributed by atoms with van der Waals surface area (Å²) in [6, 6.07) is 8.40. The lowest BCUT2D eigenvalue weighted by molar-refractivity contribution is -0.384. The number of aromatic nitrogens is 1. The van der Waals surface area contributed by atoms with Crippen LogP contribution in [0.25, 0.3) is 0 Å². The molecule has 1 aromatic carbocycles. The van der Waals surface area contributed by atoms with Crippen molar-refractivity contribution in [3.63, 3.8) is 0 Å². The predicted octanol–water partition coefficient (Wildman–Crippen LogP) is 2.83. The van der Waals surface area contributed by atoms with Gasteiger partial charge in [0.15, 0.2) is 0 Å². The zero-order valence-electron chi connectivity index (χ0n) is 11.0. The minimum atomic E-state index is -0.487. The molecular formula is C13H13BrN4O3. The molecule has 7 nitrogen and oxygen atoms in total. The molecule has 0 spiro atoms. The Morgan fingerprint density at radius 1 is 1.38 bits per heavy atom. The lowest BCUT2D eigenvalue weighted by Crippen LogP contribution is -2.10. The Hall–Kier alpha value is -2.19. The van der Waals surface area contributed by atoms with Crippen molar-refractivity contribution in [3.8, 4) is 5.75 Å². The molecule has 8 heteroatoms. The Labute approximate surface area is 129 Å². The van der Waals surface area contributed by atoms with Crippen LogP contribution in [0.15, 0.2) is 41.0 Å². The smallest absolute Gasteiger partial charge is 0.312 e. The van der Waals surface area contributed by atoms with E-state index < -0.39 is 4.92 Å². The topological polar surface area (TPSA) is 103 Å². The first-order valence-corrected chi connectivity index (χ1v) is 6.89. The largest absolute Gasteiger partial charge is 0.492 e. The molecule has 0 atom stereocenters. The van der Waals surface area contributed by atoms with Gasteiger partial charge in [-0.2, -0.15) is 0 Å². The highest BCUT2D eigenvalue weighted by Gasteiger charge is 2.15. The van der Waals surface area contributed by atoms with Crippen molar-refractivity contribution in [2.75, 3.05) is 18.5 Å². The average molecular weight is 353 g/mol. The van der Waals surface area contributed by atoms with Gasteiger partial charge in [-0.25, -0.2) is 4.98 Å². The van der Waals surface area contributed by atoms with E-state index >= 15 is 0 Å². The lowest BCUT2D eigenvalue weighted by atomic mass is 10.3. The molecule has 1 aromatic heterocycles. The Balaban J connectivity index is 2.16. The molecule has 110 valence electrons. The van der Waals surface area contributed by atoms with Gasteiger partial charge >= 0.3 is 5.69 Å². The summed E-state index contributed by atoms with van der Waals surface area (Å²) in [7, 11) is 0. The van der Waals surface area contributed by atoms with Crippen LogP contribution in [0, 0.1) is 10.1 Å². The van der Waals surface area contributed by atoms with Gasteiger partial charge in [-0.3, -0.25) is 10.1 Å². The minimum Gasteiger partial charge on any atom is -0.492 e. The average Bonchev–Trinajstić information content (AvgIpc) is 2.48. The number of ether oxygens (including phenoxy) is 1. The van der Waals surface area contributed by atoms with Crippen LogP contribution >= 0.6 is 15.9 Å². The second kappa shape index (κ2) is 7.00. The predicted molar refractivity (Wildman–Crippen MR) is 82.9 cm³/mol. The van der Waals surface area contributed by atoms with Crippen LogP contribution < -0.4 is 15.8 Å². The van der Waals surface area contributed by atoms with Crippen molar-refractivity contribution >= 4 is 33.1 Å². The fourth-order valence-corrected chi connectivity index (χ4v) is 1.93. The first-order valence-electron chi connectivity index (χ1n) is 6.10. The number of pyridine rings is 1. The van der Waals surface area contributed by atoms with Crippen molar-refractivity contribution in [2.24, 2.45) is 5.73 Å². The summed E-state index contributed by atoms with van der Waals surface area (Å²) in [5, 5.41) is 13.9. The van der Waals surface area contributed by atoms with Gasteiger partial charge in [0.2, 0.25) is 5.82 Å². The zero-order valence-corrected chi connectivity index (χ0v) is 12.5. The highest BCUT2D eigenvalue weighted by molar-refractivity contribution is 9.10. The summed E-state index contributed by atoms with van der Waals surface area (Å²) in [6.07, 6.45) is 1.49. The highest BCUT2D eigenvalue weighted by atomic mass is 79.9. The van der Waals surface area contributed by atoms with Gasteiger partial charge in [0.1, 0.15) is 12.4 Å². The fraction of sp³-hybridized carbons (Fsp3) is 0.154. The molecule has 0 saturated heterocycles. The molecule has 2 aromatic rings. The van der Waals surface area contributed by atoms with Crippen molar-refractivity contribution in [3.05, 3.63) is 51.1 Å². The Bertz CT molecular complexity index is 634. The van der Waals surface area contributed by atoms with Crippen LogP contribution in [0.3, 0.4) is 0 Å². The van der Waals surface area contributed by atoms with E-state index in [2.05, 4.69) is 26.2 Å². The molecule has 0 bridgehead atoms. The summed E-state index contributed by atoms with van der Waals surface area (Å²) in [5.74, 6) is 0.864. The van der Waals surface area contributed by atoms with Crippen LogP contribution in [-0.4, -0.2) is 23.1 Å². The monoisotopic (exact) mass is 352 g/mol. The normalized spacial score (nSPS) is 10.2. The highest BCUT2D eigenvalue weighted by Crippen LogP contribution is 2.28. The Morgan fingerprint density at radius 2 is 2.10 bits per heavy atom. The molecule has 0 unspecified atom stereocenters. The molecule has 0 saturated carbocycles. The molecule has 3 N–H and O–H groups in total. The van der Waals surface area contributed by atoms with Crippen molar-refractivity contribution in [1.29, 1.82) is 0 Å². The van der Waals surface area contributed by atoms with Crippen LogP contribution in [0.1, 0.15) is 0 Å². The number of benzene rings is 1. The van der Waals surface area contributed by atoms with E-state index in [1.807, 2.05) is 0 Å². The summed E-state index contributed by atoms with van der Waals surface area (Å²) in [6.45, 7) is 0.877. The number of hydrogen-bond donors (Lipinski definition) is 2. The molecule has 2 rings (SSSR count). The lowest BCUT2D eigenvalue weighted by Gasteiger charge is -2.08. The SMILES string of the molecule is NCCOc1ccc(Nc2ncc(Br)cc2[N+](=O)[O-])cc1. The number of nitro groups is 1. The summed E-state index contributed by atoms with van der Waals surface area (Å²) in [5.41, 5.74) is 5.92. The summed E-state index contributed by atoms with van der Waals surface area (Å²) >= 11 is 3.16. The Morgan fingerprint density at radius 3 is 2.71 bits per heavy atom. The molecule has 0 aliphatic rings. The van der Waals surface area contributed by atoms with Gasteiger partial charge in [-0.1, -0.05) is 0 Å². The fourth-order valence-electron chi connectivity index (χ4n) is 1.61. The maximum Gasteiger partial charge on any atom is 0.312 e. The third kappa shape index (κ3) is 4.14. The molecule has 0 aliphatic carbocycles. The van der Waals surface area contributed by atoms with Crippen molar-refractivity contribution in [1.82, 2.24) is 4.98 Å². The van der Waals surface area contributed by atoms with Gasteiger partial charge in [0.05, 0.1) is 4.92 Å². The van der Waals surface area contributed by atoms with E-state index in [1.165, 1.54) is 12.3 Å². The zero-order chi connectivity index (χ0) is 15.2. The third-order valence-electron chi connectivity index (χ3n) is 2.53. The standard InChI is InChI=1S/C13H13BrN4O3/c14-9-7-12(18(19)20)13(16-8-9)17-10-1-3-11(4-2-10)21-6-5-15/h1-4,7-8H,5-6,15H2,(H,16,17). The first kappa shape index (κ1) is 15.2. The van der Waals surface area contributed by atoms with Crippen molar-refractivity contribution in [2.45, 2.75) is 0 Å². The molecule has 0 radical (unpaired) electrons. The van der Waals surface area contributed by atoms with Crippen LogP contribution in [-0.2, 0) is 0 Å². The molecule has 1 heterocycles. The molecule has 0 aliphatic heterocycles. The summed E-state index contributed by atoms with van der Waals surface area (Å²) < 4.78 is 5.90. The van der Waals surface area contributed by atoms with Crippen molar-refractivity contribution < 1.29 is 9.66 Å². The van der Waals surface area contributed by atoms with Gasteiger partial charge < -0.3 is 15.8 Å². The van der Waals surface area contributed by atoms with E-state index in [-0.39, 0.29) is 11.5 Å². The first-order chi connectivity index (χ1) is 10.1. The summed E-state index contributed by atoms with van der Waals surface area (Å²) in [4.78, 5) is 14.5. The van der Waals surface area contributed by atoms with Gasteiger partial charge in [-0.15, -0.1) is 0 Å². The number of nitrogens with zero attached hydrogens (tertiary/aromatic N) is 2. The molecule has 21 heavy (non-hydrogen) atoms. The maximum atomic E-state index is 11.0. The number of anilines is 2. The minimum absolute atomic E-state index is 0.104. The third-order valence-corrected chi connectivity index (χ3v) is 2.97. The molecular weight excluding hydrogens is 340 g/mol. The van der Waals surface area contributed by atoms with E-state index in [4.69, 9.17) is 10.5 Å². The number of hydrogen-bond acceptors (Lipinski definition) is 6. The number of halogens is 1. The van der Waals surface area contributed by atoms with E-state index in [9.17, 15) is 10.1 Å². The number of nitrogens with one attached hydrogen (secondary N) is 1. The Kier molecular flexibility index (Phi) is 5.07. The van der Waals surface area contributed by atoms with Gasteiger partial charge in [-0.05, 0) is 40.2 Å². The number of rotatable bonds is 6. The van der Waals surface area contributed by atoms with Crippen LogP contribution in [0.4, 0.5) is 17.2 Å². The number of nitrogens with two attached hydrogens (primary N) is 1. The maximum absolute atomic E-state index is 11.0. The van der Waals surface area contributed by atoms with Crippen LogP contribution in [0.5, 0.6) is 5.75 Å². The van der Waals surface area contributed by atoms with Gasteiger partial charge in [0.25, 0.3) is 0 Å². The van der Waals surface area contributed by atoms with E-state index in [1.54, 1.807) is 24.3 Å². The second-order valence-electron chi connectivity index (χ2n) is 4.06.